The van der Waals surface area contributed by atoms with Crippen molar-refractivity contribution in [1.82, 2.24) is 9.88 Å². The molecule has 0 unspecified atom stereocenters. The molecule has 2 amide bonds. The Bertz CT molecular complexity index is 1480. The van der Waals surface area contributed by atoms with Gasteiger partial charge < -0.3 is 35.1 Å². The molecule has 0 saturated carbocycles. The molecule has 1 aromatic heterocycles. The van der Waals surface area contributed by atoms with Gasteiger partial charge in [0, 0.05) is 46.8 Å². The Morgan fingerprint density at radius 1 is 0.825 bits per heavy atom. The molecule has 3 N–H and O–H groups in total. The van der Waals surface area contributed by atoms with Crippen LogP contribution >= 0.6 is 0 Å². The SMILES string of the molecule is COc1cc2nccc(Oc3cc(NC(=O)Nc4ccc(NC5CCN(C)CC5)cc4)ccc3C)c2cc1OC. The number of aromatic nitrogens is 1. The van der Waals surface area contributed by atoms with Crippen molar-refractivity contribution in [3.8, 4) is 23.0 Å². The van der Waals surface area contributed by atoms with Gasteiger partial charge in [0.2, 0.25) is 0 Å². The topological polar surface area (TPSA) is 97.0 Å². The number of hydrogen-bond acceptors (Lipinski definition) is 7. The van der Waals surface area contributed by atoms with Gasteiger partial charge in [0.05, 0.1) is 19.7 Å². The lowest BCUT2D eigenvalue weighted by molar-refractivity contribution is 0.262. The molecule has 1 aliphatic rings. The summed E-state index contributed by atoms with van der Waals surface area (Å²) in [5, 5.41) is 10.2. The number of fused-ring (bicyclic) bond motifs is 1. The molecule has 0 atom stereocenters. The van der Waals surface area contributed by atoms with Crippen LogP contribution in [0.2, 0.25) is 0 Å². The molecular weight excluding hydrogens is 506 g/mol. The highest BCUT2D eigenvalue weighted by Gasteiger charge is 2.16. The van der Waals surface area contributed by atoms with Crippen LogP contribution in [0.5, 0.6) is 23.0 Å². The number of methoxy groups -OCH3 is 2. The fourth-order valence-corrected chi connectivity index (χ4v) is 4.77. The standard InChI is InChI=1S/C31H35N5O4/c1-20-5-6-24(17-28(20)40-27-11-14-32-26-19-30(39-4)29(38-3)18-25(26)27)35-31(37)34-22-9-7-21(8-10-22)33-23-12-15-36(2)16-13-23/h5-11,14,17-19,23,33H,12-13,15-16H2,1-4H3,(H2,34,35,37). The number of nitrogens with zero attached hydrogens (tertiary/aromatic N) is 2. The fourth-order valence-electron chi connectivity index (χ4n) is 4.77. The third-order valence-corrected chi connectivity index (χ3v) is 7.10. The van der Waals surface area contributed by atoms with Crippen LogP contribution in [-0.2, 0) is 0 Å². The summed E-state index contributed by atoms with van der Waals surface area (Å²) in [5.74, 6) is 2.41. The number of likely N-dealkylation sites (tertiary alicyclic amines) is 1. The van der Waals surface area contributed by atoms with Gasteiger partial charge in [0.1, 0.15) is 11.5 Å². The van der Waals surface area contributed by atoms with E-state index in [1.165, 1.54) is 0 Å². The second-order valence-electron chi connectivity index (χ2n) is 9.99. The molecule has 0 aliphatic carbocycles. The van der Waals surface area contributed by atoms with E-state index < -0.39 is 0 Å². The van der Waals surface area contributed by atoms with Gasteiger partial charge in [-0.1, -0.05) is 6.07 Å². The molecular formula is C31H35N5O4. The van der Waals surface area contributed by atoms with E-state index in [0.717, 1.165) is 42.6 Å². The van der Waals surface area contributed by atoms with Crippen molar-refractivity contribution in [3.05, 3.63) is 72.4 Å². The molecule has 2 heterocycles. The van der Waals surface area contributed by atoms with Crippen LogP contribution in [-0.4, -0.2) is 56.3 Å². The number of carbonyl (C=O) groups excluding carboxylic acids is 1. The predicted molar refractivity (Wildman–Crippen MR) is 159 cm³/mol. The van der Waals surface area contributed by atoms with Crippen LogP contribution in [0.25, 0.3) is 10.9 Å². The number of piperidine rings is 1. The molecule has 0 spiro atoms. The van der Waals surface area contributed by atoms with E-state index >= 15 is 0 Å². The van der Waals surface area contributed by atoms with Crippen LogP contribution in [0.1, 0.15) is 18.4 Å². The normalized spacial score (nSPS) is 14.0. The first-order chi connectivity index (χ1) is 19.4. The molecule has 9 nitrogen and oxygen atoms in total. The predicted octanol–water partition coefficient (Wildman–Crippen LogP) is 6.50. The van der Waals surface area contributed by atoms with Gasteiger partial charge in [0.25, 0.3) is 0 Å². The zero-order valence-electron chi connectivity index (χ0n) is 23.3. The molecule has 208 valence electrons. The number of hydrogen-bond donors (Lipinski definition) is 3. The van der Waals surface area contributed by atoms with E-state index in [2.05, 4.69) is 32.9 Å². The molecule has 40 heavy (non-hydrogen) atoms. The summed E-state index contributed by atoms with van der Waals surface area (Å²) >= 11 is 0. The quantitative estimate of drug-likeness (QED) is 0.234. The number of benzene rings is 3. The number of pyridine rings is 1. The second kappa shape index (κ2) is 12.1. The second-order valence-corrected chi connectivity index (χ2v) is 9.99. The molecule has 9 heteroatoms. The maximum atomic E-state index is 12.8. The lowest BCUT2D eigenvalue weighted by Gasteiger charge is -2.30. The monoisotopic (exact) mass is 541 g/mol. The van der Waals surface area contributed by atoms with Crippen LogP contribution < -0.4 is 30.2 Å². The number of anilines is 3. The fraction of sp³-hybridized carbons (Fsp3) is 0.290. The average molecular weight is 542 g/mol. The third kappa shape index (κ3) is 6.38. The van der Waals surface area contributed by atoms with Crippen LogP contribution in [0.4, 0.5) is 21.9 Å². The molecule has 5 rings (SSSR count). The minimum absolute atomic E-state index is 0.336. The molecule has 1 saturated heterocycles. The Morgan fingerprint density at radius 2 is 1.48 bits per heavy atom. The number of urea groups is 1. The summed E-state index contributed by atoms with van der Waals surface area (Å²) in [7, 11) is 5.34. The van der Waals surface area contributed by atoms with Crippen molar-refractivity contribution < 1.29 is 19.0 Å². The van der Waals surface area contributed by atoms with Crippen molar-refractivity contribution in [2.45, 2.75) is 25.8 Å². The summed E-state index contributed by atoms with van der Waals surface area (Å²) in [4.78, 5) is 19.5. The van der Waals surface area contributed by atoms with Gasteiger partial charge in [-0.3, -0.25) is 4.98 Å². The highest BCUT2D eigenvalue weighted by Crippen LogP contribution is 2.38. The van der Waals surface area contributed by atoms with Crippen LogP contribution in [0.3, 0.4) is 0 Å². The Morgan fingerprint density at radius 3 is 2.20 bits per heavy atom. The number of rotatable bonds is 8. The minimum atomic E-state index is -0.336. The number of nitrogens with one attached hydrogen (secondary N) is 3. The summed E-state index contributed by atoms with van der Waals surface area (Å²) in [6, 6.07) is 18.9. The van der Waals surface area contributed by atoms with Gasteiger partial charge in [-0.15, -0.1) is 0 Å². The minimum Gasteiger partial charge on any atom is -0.493 e. The summed E-state index contributed by atoms with van der Waals surface area (Å²) < 4.78 is 17.2. The molecule has 0 radical (unpaired) electrons. The number of amides is 2. The third-order valence-electron chi connectivity index (χ3n) is 7.10. The smallest absolute Gasteiger partial charge is 0.323 e. The zero-order valence-corrected chi connectivity index (χ0v) is 23.3. The van der Waals surface area contributed by atoms with E-state index in [4.69, 9.17) is 14.2 Å². The molecule has 1 aliphatic heterocycles. The largest absolute Gasteiger partial charge is 0.493 e. The molecule has 0 bridgehead atoms. The first kappa shape index (κ1) is 27.1. The zero-order chi connectivity index (χ0) is 28.1. The highest BCUT2D eigenvalue weighted by atomic mass is 16.5. The van der Waals surface area contributed by atoms with Gasteiger partial charge in [-0.05, 0) is 87.9 Å². The number of aryl methyl sites for hydroxylation is 1. The van der Waals surface area contributed by atoms with E-state index in [-0.39, 0.29) is 6.03 Å². The highest BCUT2D eigenvalue weighted by molar-refractivity contribution is 6.00. The molecule has 4 aromatic rings. The van der Waals surface area contributed by atoms with E-state index in [0.29, 0.717) is 45.9 Å². The number of carbonyl (C=O) groups is 1. The Labute approximate surface area is 234 Å². The maximum absolute atomic E-state index is 12.8. The van der Waals surface area contributed by atoms with Gasteiger partial charge in [-0.25, -0.2) is 4.79 Å². The maximum Gasteiger partial charge on any atom is 0.323 e. The lowest BCUT2D eigenvalue weighted by Crippen LogP contribution is -2.36. The molecule has 1 fully saturated rings. The van der Waals surface area contributed by atoms with E-state index in [1.807, 2.05) is 55.5 Å². The first-order valence-electron chi connectivity index (χ1n) is 13.3. The summed E-state index contributed by atoms with van der Waals surface area (Å²) in [5.41, 5.74) is 4.01. The van der Waals surface area contributed by atoms with Crippen molar-refractivity contribution in [2.24, 2.45) is 0 Å². The first-order valence-corrected chi connectivity index (χ1v) is 13.3. The number of ether oxygens (including phenoxy) is 3. The van der Waals surface area contributed by atoms with Crippen molar-refractivity contribution >= 4 is 34.0 Å². The van der Waals surface area contributed by atoms with Crippen LogP contribution in [0, 0.1) is 6.92 Å². The van der Waals surface area contributed by atoms with E-state index in [9.17, 15) is 4.79 Å². The molecule has 3 aromatic carbocycles. The van der Waals surface area contributed by atoms with E-state index in [1.54, 1.807) is 32.5 Å². The van der Waals surface area contributed by atoms with Gasteiger partial charge >= 0.3 is 6.03 Å². The van der Waals surface area contributed by atoms with Crippen LogP contribution in [0.15, 0.2) is 66.9 Å². The Hall–Kier alpha value is -4.50. The Kier molecular flexibility index (Phi) is 8.21. The van der Waals surface area contributed by atoms with Gasteiger partial charge in [0.15, 0.2) is 11.5 Å². The van der Waals surface area contributed by atoms with Gasteiger partial charge in [-0.2, -0.15) is 0 Å². The van der Waals surface area contributed by atoms with Crippen molar-refractivity contribution in [3.63, 3.8) is 0 Å². The van der Waals surface area contributed by atoms with Crippen molar-refractivity contribution in [2.75, 3.05) is 50.3 Å². The summed E-state index contributed by atoms with van der Waals surface area (Å²) in [6.07, 6.45) is 3.94. The average Bonchev–Trinajstić information content (AvgIpc) is 2.96. The lowest BCUT2D eigenvalue weighted by atomic mass is 10.1. The Balaban J connectivity index is 1.24. The van der Waals surface area contributed by atoms with Crippen molar-refractivity contribution in [1.29, 1.82) is 0 Å². The summed E-state index contributed by atoms with van der Waals surface area (Å²) in [6.45, 7) is 4.16.